The number of fused-ring (bicyclic) bond motifs is 5. The topological polar surface area (TPSA) is 54.4 Å². The Morgan fingerprint density at radius 2 is 1.96 bits per heavy atom. The van der Waals surface area contributed by atoms with Crippen molar-refractivity contribution in [3.63, 3.8) is 0 Å². The largest absolute Gasteiger partial charge is 0.393 e. The van der Waals surface area contributed by atoms with Gasteiger partial charge in [-0.05, 0) is 79.6 Å². The fourth-order valence-electron chi connectivity index (χ4n) is 7.43. The number of carbonyl (C=O) groups excluding carboxylic acids is 2. The van der Waals surface area contributed by atoms with E-state index in [1.807, 2.05) is 0 Å². The lowest BCUT2D eigenvalue weighted by Crippen LogP contribution is -2.58. The van der Waals surface area contributed by atoms with Crippen molar-refractivity contribution in [2.24, 2.45) is 40.4 Å². The Bertz CT molecular complexity index is 608. The highest BCUT2D eigenvalue weighted by molar-refractivity contribution is 5.91. The summed E-state index contributed by atoms with van der Waals surface area (Å²) in [6.45, 7) is 6.25. The van der Waals surface area contributed by atoms with Crippen LogP contribution in [0, 0.1) is 40.4 Å². The van der Waals surface area contributed by atoms with Gasteiger partial charge < -0.3 is 5.11 Å². The normalized spacial score (nSPS) is 53.2. The molecular weight excluding hydrogens is 300 g/mol. The van der Waals surface area contributed by atoms with Gasteiger partial charge in [0.1, 0.15) is 5.78 Å². The molecule has 0 aromatic heterocycles. The average molecular weight is 330 g/mol. The highest BCUT2D eigenvalue weighted by Crippen LogP contribution is 2.66. The molecule has 1 N–H and O–H groups in total. The van der Waals surface area contributed by atoms with Crippen molar-refractivity contribution in [2.75, 3.05) is 0 Å². The number of rotatable bonds is 1. The Balaban J connectivity index is 1.72. The monoisotopic (exact) mass is 330 g/mol. The standard InChI is InChI=1S/C21H30O3/c1-12(22)16-6-7-17-15-5-4-13-10-14(23)8-9-20(13,2)19(15)18(24)11-21(16,17)3/h8-9,13,15-19,24H,4-7,10-11H2,1-3H3/t13-,15-,16-,17+,18+,19-,20-,21+/m0/s1. The average Bonchev–Trinajstić information content (AvgIpc) is 2.84. The Morgan fingerprint density at radius 1 is 1.21 bits per heavy atom. The van der Waals surface area contributed by atoms with E-state index < -0.39 is 0 Å². The van der Waals surface area contributed by atoms with Gasteiger partial charge in [-0.15, -0.1) is 0 Å². The van der Waals surface area contributed by atoms with Gasteiger partial charge in [0.15, 0.2) is 5.78 Å². The first kappa shape index (κ1) is 16.5. The molecule has 0 saturated heterocycles. The quantitative estimate of drug-likeness (QED) is 0.800. The molecule has 3 fully saturated rings. The number of carbonyl (C=O) groups is 2. The molecule has 132 valence electrons. The number of Topliss-reactive ketones (excluding diaryl/α,β-unsaturated/α-hetero) is 1. The maximum Gasteiger partial charge on any atom is 0.155 e. The number of hydrogen-bond donors (Lipinski definition) is 1. The number of aliphatic hydroxyl groups excluding tert-OH is 1. The molecule has 0 radical (unpaired) electrons. The SMILES string of the molecule is CC(=O)[C@@H]1CC[C@@H]2[C@@H]3CC[C@H]4CC(=O)C=C[C@]4(C)[C@@H]3[C@H](O)C[C@@]21C. The molecule has 0 spiro atoms. The molecule has 4 aliphatic carbocycles. The third-order valence-electron chi connectivity index (χ3n) is 8.46. The minimum atomic E-state index is -0.359. The van der Waals surface area contributed by atoms with Crippen molar-refractivity contribution in [3.05, 3.63) is 12.2 Å². The molecule has 0 aromatic rings. The van der Waals surface area contributed by atoms with Crippen LogP contribution >= 0.6 is 0 Å². The second-order valence-electron chi connectivity index (χ2n) is 9.46. The van der Waals surface area contributed by atoms with Crippen LogP contribution < -0.4 is 0 Å². The summed E-state index contributed by atoms with van der Waals surface area (Å²) in [5.41, 5.74) is -0.101. The van der Waals surface area contributed by atoms with Gasteiger partial charge in [0.2, 0.25) is 0 Å². The van der Waals surface area contributed by atoms with Crippen LogP contribution in [0.4, 0.5) is 0 Å². The van der Waals surface area contributed by atoms with Crippen molar-refractivity contribution in [1.29, 1.82) is 0 Å². The molecule has 0 amide bonds. The minimum Gasteiger partial charge on any atom is -0.393 e. The van der Waals surface area contributed by atoms with Gasteiger partial charge >= 0.3 is 0 Å². The highest BCUT2D eigenvalue weighted by Gasteiger charge is 2.63. The van der Waals surface area contributed by atoms with Gasteiger partial charge in [-0.25, -0.2) is 0 Å². The fraction of sp³-hybridized carbons (Fsp3) is 0.810. The second kappa shape index (κ2) is 5.27. The molecule has 0 heterocycles. The zero-order valence-corrected chi connectivity index (χ0v) is 15.1. The van der Waals surface area contributed by atoms with Crippen LogP contribution in [0.15, 0.2) is 12.2 Å². The zero-order valence-electron chi connectivity index (χ0n) is 15.1. The first-order chi connectivity index (χ1) is 11.3. The molecule has 0 unspecified atom stereocenters. The smallest absolute Gasteiger partial charge is 0.155 e. The lowest BCUT2D eigenvalue weighted by Gasteiger charge is -2.60. The Morgan fingerprint density at radius 3 is 2.67 bits per heavy atom. The van der Waals surface area contributed by atoms with E-state index >= 15 is 0 Å². The van der Waals surface area contributed by atoms with Gasteiger partial charge in [0, 0.05) is 12.3 Å². The third kappa shape index (κ3) is 2.06. The van der Waals surface area contributed by atoms with Crippen LogP contribution in [0.1, 0.15) is 59.3 Å². The summed E-state index contributed by atoms with van der Waals surface area (Å²) in [6, 6.07) is 0. The Kier molecular flexibility index (Phi) is 3.62. The van der Waals surface area contributed by atoms with Crippen molar-refractivity contribution >= 4 is 11.6 Å². The Labute approximate surface area is 144 Å². The summed E-state index contributed by atoms with van der Waals surface area (Å²) < 4.78 is 0. The molecule has 0 aromatic carbocycles. The first-order valence-electron chi connectivity index (χ1n) is 9.68. The molecule has 4 aliphatic rings. The minimum absolute atomic E-state index is 0.0379. The van der Waals surface area contributed by atoms with E-state index in [0.717, 1.165) is 32.1 Å². The van der Waals surface area contributed by atoms with Crippen LogP contribution in [0.25, 0.3) is 0 Å². The van der Waals surface area contributed by atoms with Crippen LogP contribution in [0.5, 0.6) is 0 Å². The van der Waals surface area contributed by atoms with Gasteiger partial charge in [-0.1, -0.05) is 19.9 Å². The van der Waals surface area contributed by atoms with Crippen LogP contribution in [-0.4, -0.2) is 22.8 Å². The molecule has 0 bridgehead atoms. The predicted octanol–water partition coefficient (Wildman–Crippen LogP) is 3.55. The van der Waals surface area contributed by atoms with Crippen molar-refractivity contribution in [3.8, 4) is 0 Å². The molecular formula is C21H30O3. The molecule has 8 atom stereocenters. The van der Waals surface area contributed by atoms with E-state index in [4.69, 9.17) is 0 Å². The van der Waals surface area contributed by atoms with Crippen LogP contribution in [0.2, 0.25) is 0 Å². The summed E-state index contributed by atoms with van der Waals surface area (Å²) >= 11 is 0. The molecule has 4 rings (SSSR count). The fourth-order valence-corrected chi connectivity index (χ4v) is 7.43. The molecule has 24 heavy (non-hydrogen) atoms. The van der Waals surface area contributed by atoms with Gasteiger partial charge in [-0.3, -0.25) is 9.59 Å². The molecule has 3 heteroatoms. The maximum absolute atomic E-state index is 12.2. The Hall–Kier alpha value is -0.960. The van der Waals surface area contributed by atoms with Crippen molar-refractivity contribution in [2.45, 2.75) is 65.4 Å². The van der Waals surface area contributed by atoms with Gasteiger partial charge in [-0.2, -0.15) is 0 Å². The lowest BCUT2D eigenvalue weighted by atomic mass is 9.45. The third-order valence-corrected chi connectivity index (χ3v) is 8.46. The summed E-state index contributed by atoms with van der Waals surface area (Å²) in [7, 11) is 0. The van der Waals surface area contributed by atoms with Crippen molar-refractivity contribution < 1.29 is 14.7 Å². The maximum atomic E-state index is 12.2. The van der Waals surface area contributed by atoms with Crippen molar-refractivity contribution in [1.82, 2.24) is 0 Å². The van der Waals surface area contributed by atoms with E-state index in [2.05, 4.69) is 19.9 Å². The molecule has 3 saturated carbocycles. The van der Waals surface area contributed by atoms with Crippen LogP contribution in [0.3, 0.4) is 0 Å². The predicted molar refractivity (Wildman–Crippen MR) is 92.2 cm³/mol. The van der Waals surface area contributed by atoms with E-state index in [1.54, 1.807) is 13.0 Å². The van der Waals surface area contributed by atoms with E-state index in [9.17, 15) is 14.7 Å². The van der Waals surface area contributed by atoms with E-state index in [1.165, 1.54) is 0 Å². The number of aliphatic hydroxyl groups is 1. The lowest BCUT2D eigenvalue weighted by molar-refractivity contribution is -0.155. The number of allylic oxidation sites excluding steroid dienone is 2. The van der Waals surface area contributed by atoms with E-state index in [0.29, 0.717) is 30.0 Å². The summed E-state index contributed by atoms with van der Waals surface area (Å²) in [5, 5.41) is 11.2. The van der Waals surface area contributed by atoms with Gasteiger partial charge in [0.25, 0.3) is 0 Å². The highest BCUT2D eigenvalue weighted by atomic mass is 16.3. The van der Waals surface area contributed by atoms with Crippen LogP contribution in [-0.2, 0) is 9.59 Å². The van der Waals surface area contributed by atoms with E-state index in [-0.39, 0.29) is 34.6 Å². The molecule has 3 nitrogen and oxygen atoms in total. The van der Waals surface area contributed by atoms with Gasteiger partial charge in [0.05, 0.1) is 6.10 Å². The molecule has 0 aliphatic heterocycles. The second-order valence-corrected chi connectivity index (χ2v) is 9.46. The summed E-state index contributed by atoms with van der Waals surface area (Å²) in [5.74, 6) is 2.31. The summed E-state index contributed by atoms with van der Waals surface area (Å²) in [6.07, 6.45) is 9.19. The number of hydrogen-bond acceptors (Lipinski definition) is 3. The first-order valence-corrected chi connectivity index (χ1v) is 9.68. The number of ketones is 2. The zero-order chi connectivity index (χ0) is 17.3. The summed E-state index contributed by atoms with van der Waals surface area (Å²) in [4.78, 5) is 24.0.